The topological polar surface area (TPSA) is 55.4 Å². The van der Waals surface area contributed by atoms with Crippen molar-refractivity contribution >= 4 is 36.0 Å². The average Bonchev–Trinajstić information content (AvgIpc) is 2.77. The SMILES string of the molecule is C=Nc1nc(Cl)ccc1/N=C\Cc1cnn(C)c1. The van der Waals surface area contributed by atoms with Gasteiger partial charge >= 0.3 is 0 Å². The summed E-state index contributed by atoms with van der Waals surface area (Å²) in [5.74, 6) is 0.435. The molecule has 0 aliphatic rings. The third-order valence-electron chi connectivity index (χ3n) is 2.29. The van der Waals surface area contributed by atoms with E-state index in [0.717, 1.165) is 5.56 Å². The summed E-state index contributed by atoms with van der Waals surface area (Å²) in [6, 6.07) is 3.44. The lowest BCUT2D eigenvalue weighted by Gasteiger charge is -1.98. The number of halogens is 1. The smallest absolute Gasteiger partial charge is 0.178 e. The second kappa shape index (κ2) is 5.55. The van der Waals surface area contributed by atoms with Crippen LogP contribution in [-0.2, 0) is 13.5 Å². The van der Waals surface area contributed by atoms with Crippen molar-refractivity contribution in [3.05, 3.63) is 35.2 Å². The van der Waals surface area contributed by atoms with Crippen LogP contribution in [0.3, 0.4) is 0 Å². The van der Waals surface area contributed by atoms with Crippen LogP contribution in [0.2, 0.25) is 5.15 Å². The highest BCUT2D eigenvalue weighted by molar-refractivity contribution is 6.29. The predicted molar refractivity (Wildman–Crippen MR) is 73.5 cm³/mol. The molecule has 92 valence electrons. The molecule has 0 aliphatic carbocycles. The molecule has 0 spiro atoms. The zero-order chi connectivity index (χ0) is 13.0. The van der Waals surface area contributed by atoms with Gasteiger partial charge in [0.25, 0.3) is 0 Å². The van der Waals surface area contributed by atoms with E-state index in [1.807, 2.05) is 13.2 Å². The Hall–Kier alpha value is -2.01. The molecule has 2 aromatic rings. The molecule has 0 fully saturated rings. The van der Waals surface area contributed by atoms with Gasteiger partial charge in [0, 0.05) is 25.9 Å². The van der Waals surface area contributed by atoms with Crippen LogP contribution in [-0.4, -0.2) is 27.7 Å². The summed E-state index contributed by atoms with van der Waals surface area (Å²) in [6.07, 6.45) is 6.24. The molecule has 0 N–H and O–H groups in total. The lowest BCUT2D eigenvalue weighted by atomic mass is 10.3. The average molecular weight is 262 g/mol. The van der Waals surface area contributed by atoms with Crippen LogP contribution in [0.1, 0.15) is 5.56 Å². The summed E-state index contributed by atoms with van der Waals surface area (Å²) in [7, 11) is 1.88. The summed E-state index contributed by atoms with van der Waals surface area (Å²) >= 11 is 5.77. The van der Waals surface area contributed by atoms with Gasteiger partial charge < -0.3 is 0 Å². The molecule has 18 heavy (non-hydrogen) atoms. The highest BCUT2D eigenvalue weighted by Gasteiger charge is 2.01. The van der Waals surface area contributed by atoms with Gasteiger partial charge in [0.2, 0.25) is 0 Å². The minimum atomic E-state index is 0.378. The van der Waals surface area contributed by atoms with Gasteiger partial charge in [-0.05, 0) is 24.4 Å². The molecular weight excluding hydrogens is 250 g/mol. The molecule has 0 radical (unpaired) electrons. The first-order valence-corrected chi connectivity index (χ1v) is 5.70. The second-order valence-corrected chi connectivity index (χ2v) is 4.06. The zero-order valence-electron chi connectivity index (χ0n) is 9.91. The van der Waals surface area contributed by atoms with Crippen molar-refractivity contribution in [3.63, 3.8) is 0 Å². The van der Waals surface area contributed by atoms with Gasteiger partial charge in [0.15, 0.2) is 5.82 Å². The van der Waals surface area contributed by atoms with Gasteiger partial charge in [0.05, 0.1) is 6.20 Å². The van der Waals surface area contributed by atoms with Gasteiger partial charge in [-0.15, -0.1) is 0 Å². The summed E-state index contributed by atoms with van der Waals surface area (Å²) in [5.41, 5.74) is 1.74. The molecule has 2 aromatic heterocycles. The molecule has 2 rings (SSSR count). The molecule has 0 aromatic carbocycles. The van der Waals surface area contributed by atoms with Crippen LogP contribution >= 0.6 is 11.6 Å². The van der Waals surface area contributed by atoms with Crippen LogP contribution in [0.15, 0.2) is 34.5 Å². The Labute approximate surface area is 110 Å². The minimum absolute atomic E-state index is 0.378. The fourth-order valence-electron chi connectivity index (χ4n) is 1.46. The van der Waals surface area contributed by atoms with Crippen LogP contribution in [0, 0.1) is 0 Å². The molecule has 6 heteroatoms. The Morgan fingerprint density at radius 2 is 2.33 bits per heavy atom. The van der Waals surface area contributed by atoms with Crippen molar-refractivity contribution in [2.75, 3.05) is 0 Å². The highest BCUT2D eigenvalue weighted by atomic mass is 35.5. The van der Waals surface area contributed by atoms with E-state index in [-0.39, 0.29) is 0 Å². The summed E-state index contributed by atoms with van der Waals surface area (Å²) < 4.78 is 1.75. The molecule has 0 unspecified atom stereocenters. The molecule has 0 saturated carbocycles. The Kier molecular flexibility index (Phi) is 3.84. The lowest BCUT2D eigenvalue weighted by Crippen LogP contribution is -1.86. The van der Waals surface area contributed by atoms with E-state index in [4.69, 9.17) is 11.6 Å². The second-order valence-electron chi connectivity index (χ2n) is 3.67. The molecule has 0 atom stereocenters. The predicted octanol–water partition coefficient (Wildman–Crippen LogP) is 2.75. The zero-order valence-corrected chi connectivity index (χ0v) is 10.7. The maximum absolute atomic E-state index is 5.77. The third kappa shape index (κ3) is 3.01. The van der Waals surface area contributed by atoms with Crippen molar-refractivity contribution in [2.45, 2.75) is 6.42 Å². The first kappa shape index (κ1) is 12.4. The van der Waals surface area contributed by atoms with E-state index in [2.05, 4.69) is 26.8 Å². The third-order valence-corrected chi connectivity index (χ3v) is 2.50. The van der Waals surface area contributed by atoms with E-state index in [9.17, 15) is 0 Å². The van der Waals surface area contributed by atoms with Gasteiger partial charge in [0.1, 0.15) is 10.8 Å². The van der Waals surface area contributed by atoms with Crippen molar-refractivity contribution < 1.29 is 0 Å². The molecule has 0 aliphatic heterocycles. The van der Waals surface area contributed by atoms with Crippen LogP contribution in [0.4, 0.5) is 11.5 Å². The quantitative estimate of drug-likeness (QED) is 0.628. The lowest BCUT2D eigenvalue weighted by molar-refractivity contribution is 0.767. The van der Waals surface area contributed by atoms with Crippen LogP contribution < -0.4 is 0 Å². The number of pyridine rings is 1. The molecule has 2 heterocycles. The molecule has 0 saturated heterocycles. The van der Waals surface area contributed by atoms with Crippen LogP contribution in [0.5, 0.6) is 0 Å². The normalized spacial score (nSPS) is 11.0. The molecule has 0 bridgehead atoms. The van der Waals surface area contributed by atoms with E-state index in [1.54, 1.807) is 29.2 Å². The van der Waals surface area contributed by atoms with Gasteiger partial charge in [-0.2, -0.15) is 5.10 Å². The molecular formula is C12H12ClN5. The Morgan fingerprint density at radius 1 is 1.50 bits per heavy atom. The number of aromatic nitrogens is 3. The van der Waals surface area contributed by atoms with E-state index in [1.165, 1.54) is 0 Å². The highest BCUT2D eigenvalue weighted by Crippen LogP contribution is 2.26. The van der Waals surface area contributed by atoms with Crippen molar-refractivity contribution in [1.29, 1.82) is 0 Å². The van der Waals surface area contributed by atoms with Gasteiger partial charge in [-0.3, -0.25) is 9.67 Å². The Balaban J connectivity index is 2.11. The summed E-state index contributed by atoms with van der Waals surface area (Å²) in [6.45, 7) is 3.44. The van der Waals surface area contributed by atoms with Crippen LogP contribution in [0.25, 0.3) is 0 Å². The Morgan fingerprint density at radius 3 is 3.00 bits per heavy atom. The maximum atomic E-state index is 5.77. The van der Waals surface area contributed by atoms with E-state index in [0.29, 0.717) is 23.1 Å². The largest absolute Gasteiger partial charge is 0.276 e. The number of aliphatic imine (C=N–C) groups is 2. The summed E-state index contributed by atoms with van der Waals surface area (Å²) in [4.78, 5) is 12.1. The monoisotopic (exact) mass is 261 g/mol. The number of aryl methyl sites for hydroxylation is 1. The van der Waals surface area contributed by atoms with E-state index >= 15 is 0 Å². The maximum Gasteiger partial charge on any atom is 0.178 e. The number of rotatable bonds is 4. The summed E-state index contributed by atoms with van der Waals surface area (Å²) in [5, 5.41) is 4.46. The van der Waals surface area contributed by atoms with Crippen molar-refractivity contribution in [3.8, 4) is 0 Å². The van der Waals surface area contributed by atoms with Gasteiger partial charge in [-0.25, -0.2) is 9.98 Å². The number of hydrogen-bond acceptors (Lipinski definition) is 4. The first-order valence-electron chi connectivity index (χ1n) is 5.32. The number of hydrogen-bond donors (Lipinski definition) is 0. The minimum Gasteiger partial charge on any atom is -0.276 e. The standard InChI is InChI=1S/C12H12ClN5/c1-14-12-10(3-4-11(13)17-12)15-6-5-9-7-16-18(2)8-9/h3-4,6-8H,1,5H2,2H3/b15-6-. The first-order chi connectivity index (χ1) is 8.69. The van der Waals surface area contributed by atoms with Crippen molar-refractivity contribution in [1.82, 2.24) is 14.8 Å². The Bertz CT molecular complexity index is 588. The van der Waals surface area contributed by atoms with Gasteiger partial charge in [-0.1, -0.05) is 11.6 Å². The molecule has 5 nitrogen and oxygen atoms in total. The fourth-order valence-corrected chi connectivity index (χ4v) is 1.60. The van der Waals surface area contributed by atoms with E-state index < -0.39 is 0 Å². The van der Waals surface area contributed by atoms with Crippen molar-refractivity contribution in [2.24, 2.45) is 17.0 Å². The molecule has 0 amide bonds. The fraction of sp³-hybridized carbons (Fsp3) is 0.167. The number of nitrogens with zero attached hydrogens (tertiary/aromatic N) is 5.